The van der Waals surface area contributed by atoms with Crippen LogP contribution in [0.15, 0.2) is 54.7 Å². The van der Waals surface area contributed by atoms with E-state index in [-0.39, 0.29) is 11.4 Å². The van der Waals surface area contributed by atoms with Gasteiger partial charge in [-0.1, -0.05) is 30.3 Å². The number of nitrogens with zero attached hydrogens (tertiary/aromatic N) is 4. The Morgan fingerprint density at radius 3 is 2.70 bits per heavy atom. The predicted molar refractivity (Wildman–Crippen MR) is 163 cm³/mol. The van der Waals surface area contributed by atoms with Crippen molar-refractivity contribution in [1.82, 2.24) is 19.7 Å². The van der Waals surface area contributed by atoms with Gasteiger partial charge in [-0.15, -0.1) is 0 Å². The maximum Gasteiger partial charge on any atom is 0.342 e. The third kappa shape index (κ3) is 5.87. The maximum atomic E-state index is 11.7. The molecule has 0 spiro atoms. The van der Waals surface area contributed by atoms with E-state index in [0.29, 0.717) is 30.8 Å². The van der Waals surface area contributed by atoms with Crippen molar-refractivity contribution in [2.75, 3.05) is 32.9 Å². The summed E-state index contributed by atoms with van der Waals surface area (Å²) in [6.07, 6.45) is 4.52. The van der Waals surface area contributed by atoms with Crippen LogP contribution in [-0.2, 0) is 24.2 Å². The van der Waals surface area contributed by atoms with Crippen LogP contribution in [0.1, 0.15) is 51.5 Å². The molecule has 9 nitrogen and oxygen atoms in total. The fraction of sp³-hybridized carbons (Fsp3) is 0.382. The molecule has 9 heteroatoms. The van der Waals surface area contributed by atoms with Gasteiger partial charge in [0.2, 0.25) is 5.88 Å². The molecule has 0 bridgehead atoms. The Bertz CT molecular complexity index is 1630. The van der Waals surface area contributed by atoms with Crippen LogP contribution < -0.4 is 9.47 Å². The first kappa shape index (κ1) is 28.9. The lowest BCUT2D eigenvalue weighted by Gasteiger charge is -2.25. The maximum absolute atomic E-state index is 11.7. The molecule has 224 valence electrons. The van der Waals surface area contributed by atoms with Gasteiger partial charge < -0.3 is 19.3 Å². The summed E-state index contributed by atoms with van der Waals surface area (Å²) in [5.74, 6) is 0.277. The van der Waals surface area contributed by atoms with Crippen LogP contribution in [0.25, 0.3) is 17.1 Å². The fourth-order valence-electron chi connectivity index (χ4n) is 6.22. The molecule has 2 aliphatic rings. The summed E-state index contributed by atoms with van der Waals surface area (Å²) in [5, 5.41) is 13.8. The van der Waals surface area contributed by atoms with Crippen molar-refractivity contribution in [3.63, 3.8) is 0 Å². The van der Waals surface area contributed by atoms with Gasteiger partial charge in [-0.25, -0.2) is 9.78 Å². The summed E-state index contributed by atoms with van der Waals surface area (Å²) in [5.41, 5.74) is 7.94. The van der Waals surface area contributed by atoms with Crippen LogP contribution in [0.4, 0.5) is 0 Å². The van der Waals surface area contributed by atoms with Gasteiger partial charge in [0.1, 0.15) is 17.9 Å². The first-order valence-corrected chi connectivity index (χ1v) is 15.0. The van der Waals surface area contributed by atoms with Gasteiger partial charge in [-0.2, -0.15) is 9.78 Å². The van der Waals surface area contributed by atoms with Crippen molar-refractivity contribution in [1.29, 1.82) is 0 Å². The number of hydrogen-bond donors (Lipinski definition) is 1. The standard InChI is InChI=1S/C34H38N4O5/c1-4-42-33-29(34(39)40)19-35-38(33)31-10-6-9-30(36-31)28-8-5-7-22(2)32(28)43-20-25-12-11-24-13-16-37(26-15-18-41-21-26)17-14-27(24)23(25)3/h5-12,19,26H,4,13-18,20-21H2,1-3H3,(H,39,40)/t26-/m0/s1. The largest absolute Gasteiger partial charge is 0.488 e. The molecular weight excluding hydrogens is 544 g/mol. The molecule has 0 aliphatic carbocycles. The molecule has 2 aliphatic heterocycles. The molecule has 1 fully saturated rings. The van der Waals surface area contributed by atoms with Crippen molar-refractivity contribution < 1.29 is 24.1 Å². The number of aromatic nitrogens is 3. The van der Waals surface area contributed by atoms with E-state index >= 15 is 0 Å². The molecule has 1 N–H and O–H groups in total. The van der Waals surface area contributed by atoms with Crippen molar-refractivity contribution in [3.05, 3.63) is 88.1 Å². The van der Waals surface area contributed by atoms with Crippen LogP contribution in [0.2, 0.25) is 0 Å². The number of carbonyl (C=O) groups is 1. The molecule has 0 amide bonds. The van der Waals surface area contributed by atoms with E-state index in [2.05, 4.69) is 29.1 Å². The quantitative estimate of drug-likeness (QED) is 0.280. The highest BCUT2D eigenvalue weighted by atomic mass is 16.5. The number of carboxylic acid groups (broad SMARTS) is 1. The van der Waals surface area contributed by atoms with Crippen molar-refractivity contribution in [3.8, 4) is 28.7 Å². The summed E-state index contributed by atoms with van der Waals surface area (Å²) in [7, 11) is 0. The third-order valence-electron chi connectivity index (χ3n) is 8.59. The molecule has 4 heterocycles. The van der Waals surface area contributed by atoms with Crippen LogP contribution in [0, 0.1) is 13.8 Å². The normalized spacial score (nSPS) is 17.0. The number of hydrogen-bond acceptors (Lipinski definition) is 7. The van der Waals surface area contributed by atoms with Gasteiger partial charge in [0.05, 0.1) is 25.1 Å². The fourth-order valence-corrected chi connectivity index (χ4v) is 6.22. The van der Waals surface area contributed by atoms with Gasteiger partial charge in [0, 0.05) is 31.3 Å². The second-order valence-corrected chi connectivity index (χ2v) is 11.2. The van der Waals surface area contributed by atoms with Crippen molar-refractivity contribution >= 4 is 5.97 Å². The molecule has 43 heavy (non-hydrogen) atoms. The van der Waals surface area contributed by atoms with E-state index in [4.69, 9.17) is 19.2 Å². The minimum Gasteiger partial charge on any atom is -0.488 e. The summed E-state index contributed by atoms with van der Waals surface area (Å²) in [4.78, 5) is 19.2. The predicted octanol–water partition coefficient (Wildman–Crippen LogP) is 5.42. The van der Waals surface area contributed by atoms with E-state index in [1.54, 1.807) is 13.0 Å². The van der Waals surface area contributed by atoms with E-state index < -0.39 is 5.97 Å². The van der Waals surface area contributed by atoms with Crippen LogP contribution in [0.3, 0.4) is 0 Å². The highest BCUT2D eigenvalue weighted by Gasteiger charge is 2.26. The number of pyridine rings is 1. The second kappa shape index (κ2) is 12.6. The minimum absolute atomic E-state index is 0.00925. The highest BCUT2D eigenvalue weighted by molar-refractivity contribution is 5.90. The molecule has 0 radical (unpaired) electrons. The minimum atomic E-state index is -1.10. The summed E-state index contributed by atoms with van der Waals surface area (Å²) < 4.78 is 19.3. The van der Waals surface area contributed by atoms with Crippen LogP contribution >= 0.6 is 0 Å². The number of ether oxygens (including phenoxy) is 3. The Balaban J connectivity index is 1.25. The summed E-state index contributed by atoms with van der Waals surface area (Å²) in [6, 6.07) is 16.6. The zero-order valence-electron chi connectivity index (χ0n) is 25.0. The molecule has 0 unspecified atom stereocenters. The first-order valence-electron chi connectivity index (χ1n) is 15.0. The molecule has 1 saturated heterocycles. The van der Waals surface area contributed by atoms with E-state index in [9.17, 15) is 9.90 Å². The highest BCUT2D eigenvalue weighted by Crippen LogP contribution is 2.34. The number of aryl methyl sites for hydroxylation is 1. The average Bonchev–Trinajstić information content (AvgIpc) is 3.64. The van der Waals surface area contributed by atoms with Gasteiger partial charge in [0.25, 0.3) is 0 Å². The summed E-state index contributed by atoms with van der Waals surface area (Å²) >= 11 is 0. The van der Waals surface area contributed by atoms with Crippen molar-refractivity contribution in [2.45, 2.75) is 52.7 Å². The number of carboxylic acids is 1. The van der Waals surface area contributed by atoms with Gasteiger partial charge in [-0.05, 0) is 86.1 Å². The lowest BCUT2D eigenvalue weighted by atomic mass is 9.94. The zero-order valence-corrected chi connectivity index (χ0v) is 25.0. The summed E-state index contributed by atoms with van der Waals surface area (Å²) in [6.45, 7) is 10.7. The molecule has 6 rings (SSSR count). The smallest absolute Gasteiger partial charge is 0.342 e. The van der Waals surface area contributed by atoms with Gasteiger partial charge in [0.15, 0.2) is 5.82 Å². The second-order valence-electron chi connectivity index (χ2n) is 11.2. The lowest BCUT2D eigenvalue weighted by Crippen LogP contribution is -2.37. The Hall–Kier alpha value is -4.21. The van der Waals surface area contributed by atoms with E-state index in [0.717, 1.165) is 62.4 Å². The monoisotopic (exact) mass is 582 g/mol. The van der Waals surface area contributed by atoms with E-state index in [1.165, 1.54) is 33.1 Å². The average molecular weight is 583 g/mol. The third-order valence-corrected chi connectivity index (χ3v) is 8.59. The Morgan fingerprint density at radius 2 is 1.91 bits per heavy atom. The SMILES string of the molecule is CCOc1c(C(=O)O)cnn1-c1cccc(-c2cccc(C)c2OCc2ccc3c(c2C)CCN([C@H]2CCOC2)CC3)n1. The molecular formula is C34H38N4O5. The Labute approximate surface area is 252 Å². The Kier molecular flexibility index (Phi) is 8.44. The molecule has 4 aromatic rings. The molecule has 2 aromatic heterocycles. The zero-order chi connectivity index (χ0) is 29.9. The van der Waals surface area contributed by atoms with Crippen molar-refractivity contribution in [2.24, 2.45) is 0 Å². The first-order chi connectivity index (χ1) is 20.9. The number of rotatable bonds is 9. The van der Waals surface area contributed by atoms with Crippen LogP contribution in [0.5, 0.6) is 11.6 Å². The van der Waals surface area contributed by atoms with E-state index in [1.807, 2.05) is 37.3 Å². The lowest BCUT2D eigenvalue weighted by molar-refractivity contribution is 0.0692. The van der Waals surface area contributed by atoms with Crippen LogP contribution in [-0.4, -0.2) is 69.7 Å². The number of benzene rings is 2. The molecule has 0 saturated carbocycles. The topological polar surface area (TPSA) is 98.9 Å². The Morgan fingerprint density at radius 1 is 1.07 bits per heavy atom. The number of aromatic carboxylic acids is 1. The molecule has 1 atom stereocenters. The number of fused-ring (bicyclic) bond motifs is 1. The number of para-hydroxylation sites is 1. The molecule has 2 aromatic carbocycles. The van der Waals surface area contributed by atoms with Gasteiger partial charge in [-0.3, -0.25) is 4.90 Å². The van der Waals surface area contributed by atoms with Gasteiger partial charge >= 0.3 is 5.97 Å².